The Kier molecular flexibility index (Phi) is 6.57. The van der Waals surface area contributed by atoms with Gasteiger partial charge in [0.2, 0.25) is 0 Å². The first-order valence-corrected chi connectivity index (χ1v) is 7.91. The van der Waals surface area contributed by atoms with Gasteiger partial charge in [-0.3, -0.25) is 4.21 Å². The van der Waals surface area contributed by atoms with Crippen LogP contribution in [0.5, 0.6) is 5.75 Å². The van der Waals surface area contributed by atoms with E-state index in [4.69, 9.17) is 10.5 Å². The summed E-state index contributed by atoms with van der Waals surface area (Å²) in [4.78, 5) is 0. The zero-order valence-electron chi connectivity index (χ0n) is 11.1. The summed E-state index contributed by atoms with van der Waals surface area (Å²) in [5.41, 5.74) is 7.45. The fourth-order valence-electron chi connectivity index (χ4n) is 1.54. The van der Waals surface area contributed by atoms with Gasteiger partial charge in [0.15, 0.2) is 0 Å². The molecule has 4 nitrogen and oxygen atoms in total. The fourth-order valence-corrected chi connectivity index (χ4v) is 2.09. The monoisotopic (exact) mass is 270 g/mol. The van der Waals surface area contributed by atoms with E-state index in [9.17, 15) is 4.21 Å². The van der Waals surface area contributed by atoms with Gasteiger partial charge in [0.25, 0.3) is 0 Å². The highest BCUT2D eigenvalue weighted by molar-refractivity contribution is 7.84. The Morgan fingerprint density at radius 3 is 2.83 bits per heavy atom. The van der Waals surface area contributed by atoms with Crippen LogP contribution in [0, 0.1) is 0 Å². The molecular formula is C13H22N2O2S. The van der Waals surface area contributed by atoms with Crippen molar-refractivity contribution in [1.82, 2.24) is 0 Å². The summed E-state index contributed by atoms with van der Waals surface area (Å²) in [6.45, 7) is 3.55. The molecule has 0 spiro atoms. The molecule has 0 aliphatic heterocycles. The van der Waals surface area contributed by atoms with E-state index in [0.29, 0.717) is 18.0 Å². The molecule has 3 N–H and O–H groups in total. The van der Waals surface area contributed by atoms with Gasteiger partial charge in [0, 0.05) is 52.9 Å². The molecule has 0 aromatic heterocycles. The van der Waals surface area contributed by atoms with Gasteiger partial charge in [0.1, 0.15) is 5.75 Å². The van der Waals surface area contributed by atoms with Crippen LogP contribution in [0.15, 0.2) is 18.2 Å². The van der Waals surface area contributed by atoms with Crippen LogP contribution in [0.25, 0.3) is 0 Å². The van der Waals surface area contributed by atoms with Crippen LogP contribution < -0.4 is 15.8 Å². The van der Waals surface area contributed by atoms with E-state index in [1.165, 1.54) is 0 Å². The smallest absolute Gasteiger partial charge is 0.123 e. The van der Waals surface area contributed by atoms with Crippen molar-refractivity contribution in [3.8, 4) is 5.75 Å². The maximum absolute atomic E-state index is 10.9. The summed E-state index contributed by atoms with van der Waals surface area (Å²) in [5, 5.41) is 3.26. The van der Waals surface area contributed by atoms with E-state index < -0.39 is 10.8 Å². The summed E-state index contributed by atoms with van der Waals surface area (Å²) in [7, 11) is -0.726. The van der Waals surface area contributed by atoms with Crippen LogP contribution in [0.1, 0.15) is 19.8 Å². The Morgan fingerprint density at radius 1 is 1.39 bits per heavy atom. The number of benzene rings is 1. The fraction of sp³-hybridized carbons (Fsp3) is 0.538. The van der Waals surface area contributed by atoms with Gasteiger partial charge in [-0.15, -0.1) is 0 Å². The molecule has 0 heterocycles. The first-order valence-electron chi connectivity index (χ1n) is 6.19. The third-order valence-corrected chi connectivity index (χ3v) is 3.20. The maximum atomic E-state index is 10.9. The lowest BCUT2D eigenvalue weighted by atomic mass is 10.2. The number of nitrogen functional groups attached to an aromatic ring is 1. The van der Waals surface area contributed by atoms with Gasteiger partial charge in [0.05, 0.1) is 6.61 Å². The van der Waals surface area contributed by atoms with Crippen LogP contribution in [-0.2, 0) is 10.8 Å². The number of rotatable bonds is 8. The van der Waals surface area contributed by atoms with Crippen molar-refractivity contribution in [3.05, 3.63) is 18.2 Å². The van der Waals surface area contributed by atoms with E-state index in [0.717, 1.165) is 30.8 Å². The summed E-state index contributed by atoms with van der Waals surface area (Å²) in [6.07, 6.45) is 3.57. The zero-order valence-corrected chi connectivity index (χ0v) is 11.9. The molecule has 0 amide bonds. The molecule has 1 atom stereocenters. The highest BCUT2D eigenvalue weighted by Crippen LogP contribution is 2.22. The average molecular weight is 270 g/mol. The molecule has 0 aliphatic rings. The molecule has 5 heteroatoms. The largest absolute Gasteiger partial charge is 0.493 e. The number of ether oxygens (including phenoxy) is 1. The van der Waals surface area contributed by atoms with Crippen molar-refractivity contribution in [2.75, 3.05) is 36.2 Å². The summed E-state index contributed by atoms with van der Waals surface area (Å²) in [6, 6.07) is 5.64. The Hall–Kier alpha value is -1.23. The van der Waals surface area contributed by atoms with Gasteiger partial charge in [-0.2, -0.15) is 0 Å². The normalized spacial score (nSPS) is 12.1. The molecule has 1 unspecified atom stereocenters. The SMILES string of the molecule is CCCOc1cc(N)cc(NCCCS(C)=O)c1. The average Bonchev–Trinajstić information content (AvgIpc) is 2.31. The molecule has 1 aromatic carbocycles. The van der Waals surface area contributed by atoms with Gasteiger partial charge >= 0.3 is 0 Å². The van der Waals surface area contributed by atoms with Crippen molar-refractivity contribution in [2.24, 2.45) is 0 Å². The van der Waals surface area contributed by atoms with E-state index in [1.54, 1.807) is 6.26 Å². The molecule has 0 fully saturated rings. The highest BCUT2D eigenvalue weighted by atomic mass is 32.2. The van der Waals surface area contributed by atoms with Crippen molar-refractivity contribution >= 4 is 22.2 Å². The molecule has 0 saturated heterocycles. The van der Waals surface area contributed by atoms with E-state index in [-0.39, 0.29) is 0 Å². The molecule has 0 radical (unpaired) electrons. The maximum Gasteiger partial charge on any atom is 0.123 e. The zero-order chi connectivity index (χ0) is 13.4. The Balaban J connectivity index is 2.48. The number of nitrogens with one attached hydrogen (secondary N) is 1. The molecule has 1 aromatic rings. The number of hydrogen-bond acceptors (Lipinski definition) is 4. The van der Waals surface area contributed by atoms with Crippen molar-refractivity contribution < 1.29 is 8.95 Å². The third kappa shape index (κ3) is 5.91. The molecule has 1 rings (SSSR count). The van der Waals surface area contributed by atoms with E-state index in [1.807, 2.05) is 18.2 Å². The Labute approximate surface area is 111 Å². The summed E-state index contributed by atoms with van der Waals surface area (Å²) in [5.74, 6) is 1.51. The van der Waals surface area contributed by atoms with Crippen molar-refractivity contribution in [2.45, 2.75) is 19.8 Å². The van der Waals surface area contributed by atoms with Gasteiger partial charge in [-0.1, -0.05) is 6.92 Å². The minimum absolute atomic E-state index is 0.685. The van der Waals surface area contributed by atoms with Gasteiger partial charge in [-0.25, -0.2) is 0 Å². The second-order valence-corrected chi connectivity index (χ2v) is 5.75. The highest BCUT2D eigenvalue weighted by Gasteiger charge is 2.00. The van der Waals surface area contributed by atoms with E-state index in [2.05, 4.69) is 12.2 Å². The van der Waals surface area contributed by atoms with Crippen molar-refractivity contribution in [1.29, 1.82) is 0 Å². The van der Waals surface area contributed by atoms with Crippen LogP contribution in [0.2, 0.25) is 0 Å². The minimum Gasteiger partial charge on any atom is -0.493 e. The molecular weight excluding hydrogens is 248 g/mol. The lowest BCUT2D eigenvalue weighted by Crippen LogP contribution is -2.06. The minimum atomic E-state index is -0.726. The standard InChI is InChI=1S/C13H22N2O2S/c1-3-6-17-13-9-11(14)8-12(10-13)15-5-4-7-18(2)16/h8-10,15H,3-7,14H2,1-2H3. The first kappa shape index (κ1) is 14.8. The predicted octanol–water partition coefficient (Wildman–Crippen LogP) is 2.24. The quantitative estimate of drug-likeness (QED) is 0.561. The Bertz CT molecular complexity index is 397. The predicted molar refractivity (Wildman–Crippen MR) is 78.7 cm³/mol. The van der Waals surface area contributed by atoms with Crippen LogP contribution in [-0.4, -0.2) is 29.4 Å². The third-order valence-electron chi connectivity index (χ3n) is 2.34. The second kappa shape index (κ2) is 7.97. The second-order valence-electron chi connectivity index (χ2n) is 4.20. The van der Waals surface area contributed by atoms with E-state index >= 15 is 0 Å². The molecule has 18 heavy (non-hydrogen) atoms. The van der Waals surface area contributed by atoms with Crippen LogP contribution >= 0.6 is 0 Å². The van der Waals surface area contributed by atoms with Gasteiger partial charge < -0.3 is 15.8 Å². The molecule has 0 saturated carbocycles. The topological polar surface area (TPSA) is 64.3 Å². The summed E-state index contributed by atoms with van der Waals surface area (Å²) < 4.78 is 16.5. The van der Waals surface area contributed by atoms with Crippen LogP contribution in [0.4, 0.5) is 11.4 Å². The van der Waals surface area contributed by atoms with Gasteiger partial charge in [-0.05, 0) is 18.9 Å². The Morgan fingerprint density at radius 2 is 2.17 bits per heavy atom. The summed E-state index contributed by atoms with van der Waals surface area (Å²) >= 11 is 0. The van der Waals surface area contributed by atoms with Crippen molar-refractivity contribution in [3.63, 3.8) is 0 Å². The number of nitrogens with two attached hydrogens (primary N) is 1. The molecule has 0 aliphatic carbocycles. The molecule has 102 valence electrons. The number of anilines is 2. The number of hydrogen-bond donors (Lipinski definition) is 2. The lowest BCUT2D eigenvalue weighted by molar-refractivity contribution is 0.318. The molecule has 0 bridgehead atoms. The first-order chi connectivity index (χ1) is 8.61. The lowest BCUT2D eigenvalue weighted by Gasteiger charge is -2.10. The van der Waals surface area contributed by atoms with Crippen LogP contribution in [0.3, 0.4) is 0 Å².